The van der Waals surface area contributed by atoms with E-state index in [2.05, 4.69) is 16.7 Å². The number of allylic oxidation sites excluding steroid dienone is 1. The minimum atomic E-state index is -0.0625. The van der Waals surface area contributed by atoms with Gasteiger partial charge in [-0.15, -0.1) is 0 Å². The van der Waals surface area contributed by atoms with E-state index in [4.69, 9.17) is 5.73 Å². The Labute approximate surface area is 133 Å². The molecule has 0 atom stereocenters. The molecule has 0 radical (unpaired) electrons. The number of carbonyl (C=O) groups excluding carboxylic acids is 1. The molecule has 2 rings (SSSR count). The summed E-state index contributed by atoms with van der Waals surface area (Å²) in [6.45, 7) is 3.61. The first-order valence-corrected chi connectivity index (χ1v) is 8.30. The Morgan fingerprint density at radius 2 is 2.14 bits per heavy atom. The summed E-state index contributed by atoms with van der Waals surface area (Å²) in [7, 11) is 0. The van der Waals surface area contributed by atoms with Gasteiger partial charge in [-0.2, -0.15) is 0 Å². The van der Waals surface area contributed by atoms with E-state index >= 15 is 0 Å². The van der Waals surface area contributed by atoms with Crippen LogP contribution in [0.15, 0.2) is 29.8 Å². The molecule has 1 amide bonds. The third kappa shape index (κ3) is 4.79. The van der Waals surface area contributed by atoms with Crippen LogP contribution in [0.2, 0.25) is 0 Å². The monoisotopic (exact) mass is 301 g/mol. The smallest absolute Gasteiger partial charge is 0.251 e. The minimum absolute atomic E-state index is 0.0625. The zero-order chi connectivity index (χ0) is 15.8. The zero-order valence-electron chi connectivity index (χ0n) is 13.5. The molecule has 1 aromatic carbocycles. The molecule has 0 heterocycles. The lowest BCUT2D eigenvalue weighted by Gasteiger charge is -2.14. The standard InChI is InChI=1S/C18H27N3O/c1-2-11-21-18(22)15-8-9-17(16(19)13-15)20-12-10-14-6-4-3-5-7-14/h6,8-9,13,20H,2-5,7,10-12,19H2,1H3,(H,21,22). The fraction of sp³-hybridized carbons (Fsp3) is 0.500. The highest BCUT2D eigenvalue weighted by Crippen LogP contribution is 2.22. The Morgan fingerprint density at radius 3 is 2.82 bits per heavy atom. The highest BCUT2D eigenvalue weighted by molar-refractivity contribution is 5.96. The van der Waals surface area contributed by atoms with Gasteiger partial charge < -0.3 is 16.4 Å². The Bertz CT molecular complexity index is 537. The lowest BCUT2D eigenvalue weighted by Crippen LogP contribution is -2.24. The first-order valence-electron chi connectivity index (χ1n) is 8.30. The van der Waals surface area contributed by atoms with Crippen molar-refractivity contribution >= 4 is 17.3 Å². The van der Waals surface area contributed by atoms with Gasteiger partial charge in [0.2, 0.25) is 0 Å². The Morgan fingerprint density at radius 1 is 1.27 bits per heavy atom. The molecule has 0 saturated carbocycles. The molecular formula is C18H27N3O. The molecule has 1 aliphatic carbocycles. The molecule has 0 aromatic heterocycles. The number of hydrogen-bond acceptors (Lipinski definition) is 3. The van der Waals surface area contributed by atoms with Gasteiger partial charge in [-0.1, -0.05) is 18.6 Å². The molecule has 120 valence electrons. The molecule has 4 heteroatoms. The van der Waals surface area contributed by atoms with E-state index in [0.717, 1.165) is 25.1 Å². The van der Waals surface area contributed by atoms with Gasteiger partial charge in [0.1, 0.15) is 0 Å². The fourth-order valence-corrected chi connectivity index (χ4v) is 2.69. The van der Waals surface area contributed by atoms with Gasteiger partial charge in [0.15, 0.2) is 0 Å². The van der Waals surface area contributed by atoms with Gasteiger partial charge >= 0.3 is 0 Å². The van der Waals surface area contributed by atoms with Crippen LogP contribution < -0.4 is 16.4 Å². The van der Waals surface area contributed by atoms with Crippen LogP contribution in [0, 0.1) is 0 Å². The number of nitrogens with one attached hydrogen (secondary N) is 2. The Hall–Kier alpha value is -1.97. The molecule has 1 aliphatic rings. The molecule has 0 spiro atoms. The average molecular weight is 301 g/mol. The van der Waals surface area contributed by atoms with Gasteiger partial charge in [-0.05, 0) is 56.7 Å². The summed E-state index contributed by atoms with van der Waals surface area (Å²) in [4.78, 5) is 11.9. The highest BCUT2D eigenvalue weighted by atomic mass is 16.1. The first kappa shape index (κ1) is 16.4. The van der Waals surface area contributed by atoms with E-state index in [0.29, 0.717) is 17.8 Å². The molecule has 0 saturated heterocycles. The largest absolute Gasteiger partial charge is 0.397 e. The molecule has 1 aromatic rings. The number of amides is 1. The van der Waals surface area contributed by atoms with Crippen molar-refractivity contribution in [3.05, 3.63) is 35.4 Å². The topological polar surface area (TPSA) is 67.2 Å². The maximum Gasteiger partial charge on any atom is 0.251 e. The molecule has 0 unspecified atom stereocenters. The van der Waals surface area contributed by atoms with Crippen LogP contribution in [-0.4, -0.2) is 19.0 Å². The summed E-state index contributed by atoms with van der Waals surface area (Å²) in [5.41, 5.74) is 9.75. The second kappa shape index (κ2) is 8.47. The molecule has 22 heavy (non-hydrogen) atoms. The zero-order valence-corrected chi connectivity index (χ0v) is 13.5. The summed E-state index contributed by atoms with van der Waals surface area (Å²) >= 11 is 0. The van der Waals surface area contributed by atoms with Crippen molar-refractivity contribution in [3.8, 4) is 0 Å². The summed E-state index contributed by atoms with van der Waals surface area (Å²) in [5.74, 6) is -0.0625. The molecular weight excluding hydrogens is 274 g/mol. The van der Waals surface area contributed by atoms with Gasteiger partial charge in [-0.25, -0.2) is 0 Å². The van der Waals surface area contributed by atoms with Crippen LogP contribution >= 0.6 is 0 Å². The summed E-state index contributed by atoms with van der Waals surface area (Å²) in [6.07, 6.45) is 9.46. The van der Waals surface area contributed by atoms with Crippen LogP contribution in [0.25, 0.3) is 0 Å². The van der Waals surface area contributed by atoms with E-state index in [1.165, 1.54) is 25.7 Å². The van der Waals surface area contributed by atoms with Crippen molar-refractivity contribution in [2.75, 3.05) is 24.1 Å². The Balaban J connectivity index is 1.86. The second-order valence-corrected chi connectivity index (χ2v) is 5.84. The maximum absolute atomic E-state index is 11.9. The quantitative estimate of drug-likeness (QED) is 0.531. The van der Waals surface area contributed by atoms with Gasteiger partial charge in [0, 0.05) is 18.7 Å². The van der Waals surface area contributed by atoms with E-state index in [-0.39, 0.29) is 5.91 Å². The van der Waals surface area contributed by atoms with Crippen LogP contribution in [0.1, 0.15) is 55.8 Å². The fourth-order valence-electron chi connectivity index (χ4n) is 2.69. The SMILES string of the molecule is CCCNC(=O)c1ccc(NCCC2=CCCCC2)c(N)c1. The van der Waals surface area contributed by atoms with E-state index in [1.54, 1.807) is 11.6 Å². The molecule has 0 aliphatic heterocycles. The Kier molecular flexibility index (Phi) is 6.31. The van der Waals surface area contributed by atoms with Crippen molar-refractivity contribution in [3.63, 3.8) is 0 Å². The molecule has 0 bridgehead atoms. The van der Waals surface area contributed by atoms with Crippen molar-refractivity contribution in [1.29, 1.82) is 0 Å². The molecule has 0 fully saturated rings. The van der Waals surface area contributed by atoms with E-state index in [9.17, 15) is 4.79 Å². The van der Waals surface area contributed by atoms with Crippen molar-refractivity contribution < 1.29 is 4.79 Å². The number of nitrogen functional groups attached to an aromatic ring is 1. The van der Waals surface area contributed by atoms with Gasteiger partial charge in [0.25, 0.3) is 5.91 Å². The number of anilines is 2. The summed E-state index contributed by atoms with van der Waals surface area (Å²) in [5, 5.41) is 6.23. The number of nitrogens with two attached hydrogens (primary N) is 1. The minimum Gasteiger partial charge on any atom is -0.397 e. The number of benzene rings is 1. The number of rotatable bonds is 7. The number of hydrogen-bond donors (Lipinski definition) is 3. The lowest BCUT2D eigenvalue weighted by molar-refractivity contribution is 0.0953. The van der Waals surface area contributed by atoms with Crippen molar-refractivity contribution in [2.45, 2.75) is 45.4 Å². The summed E-state index contributed by atoms with van der Waals surface area (Å²) < 4.78 is 0. The summed E-state index contributed by atoms with van der Waals surface area (Å²) in [6, 6.07) is 5.46. The van der Waals surface area contributed by atoms with E-state index in [1.807, 2.05) is 19.1 Å². The van der Waals surface area contributed by atoms with Crippen LogP contribution in [-0.2, 0) is 0 Å². The molecule has 4 nitrogen and oxygen atoms in total. The van der Waals surface area contributed by atoms with Gasteiger partial charge in [-0.3, -0.25) is 4.79 Å². The average Bonchev–Trinajstić information content (AvgIpc) is 2.55. The lowest BCUT2D eigenvalue weighted by atomic mass is 9.97. The third-order valence-corrected chi connectivity index (χ3v) is 4.00. The maximum atomic E-state index is 11.9. The normalized spacial score (nSPS) is 14.3. The van der Waals surface area contributed by atoms with E-state index < -0.39 is 0 Å². The van der Waals surface area contributed by atoms with Crippen molar-refractivity contribution in [2.24, 2.45) is 0 Å². The molecule has 4 N–H and O–H groups in total. The second-order valence-electron chi connectivity index (χ2n) is 5.84. The van der Waals surface area contributed by atoms with Crippen LogP contribution in [0.5, 0.6) is 0 Å². The predicted molar refractivity (Wildman–Crippen MR) is 93.1 cm³/mol. The third-order valence-electron chi connectivity index (χ3n) is 4.00. The first-order chi connectivity index (χ1) is 10.7. The van der Waals surface area contributed by atoms with Crippen LogP contribution in [0.3, 0.4) is 0 Å². The van der Waals surface area contributed by atoms with Crippen molar-refractivity contribution in [1.82, 2.24) is 5.32 Å². The predicted octanol–water partition coefficient (Wildman–Crippen LogP) is 3.71. The highest BCUT2D eigenvalue weighted by Gasteiger charge is 2.08. The number of carbonyl (C=O) groups is 1. The van der Waals surface area contributed by atoms with Crippen LogP contribution in [0.4, 0.5) is 11.4 Å². The van der Waals surface area contributed by atoms with Gasteiger partial charge in [0.05, 0.1) is 11.4 Å².